The second-order valence-corrected chi connectivity index (χ2v) is 5.14. The van der Waals surface area contributed by atoms with Crippen molar-refractivity contribution in [2.75, 3.05) is 7.05 Å². The molecule has 1 unspecified atom stereocenters. The average Bonchev–Trinajstić information content (AvgIpc) is 2.53. The highest BCUT2D eigenvalue weighted by atomic mass is 19.1. The highest BCUT2D eigenvalue weighted by Gasteiger charge is 2.13. The van der Waals surface area contributed by atoms with Gasteiger partial charge in [-0.25, -0.2) is 4.39 Å². The predicted octanol–water partition coefficient (Wildman–Crippen LogP) is 4.32. The Labute approximate surface area is 123 Å². The minimum atomic E-state index is -0.224. The number of hydrogen-bond acceptors (Lipinski definition) is 2. The molecule has 0 aliphatic rings. The standard InChI is InChI=1S/C18H17FN2/c1-12(20-2)15-7-6-14(19)10-17(15)16-5-3-4-13-8-9-21-11-18(13)16/h3-12,20H,1-2H3. The first-order chi connectivity index (χ1) is 10.2. The fourth-order valence-corrected chi connectivity index (χ4v) is 2.64. The lowest BCUT2D eigenvalue weighted by molar-refractivity contribution is 0.620. The van der Waals surface area contributed by atoms with Crippen molar-refractivity contribution < 1.29 is 4.39 Å². The van der Waals surface area contributed by atoms with Crippen LogP contribution in [0.3, 0.4) is 0 Å². The summed E-state index contributed by atoms with van der Waals surface area (Å²) in [7, 11) is 1.91. The van der Waals surface area contributed by atoms with Gasteiger partial charge in [0.2, 0.25) is 0 Å². The second-order valence-electron chi connectivity index (χ2n) is 5.14. The lowest BCUT2D eigenvalue weighted by Gasteiger charge is -2.17. The molecule has 3 heteroatoms. The summed E-state index contributed by atoms with van der Waals surface area (Å²) in [5.74, 6) is -0.224. The quantitative estimate of drug-likeness (QED) is 0.772. The summed E-state index contributed by atoms with van der Waals surface area (Å²) in [6.45, 7) is 2.07. The van der Waals surface area contributed by atoms with Crippen molar-refractivity contribution in [1.29, 1.82) is 0 Å². The molecule has 1 N–H and O–H groups in total. The Morgan fingerprint density at radius 2 is 1.95 bits per heavy atom. The zero-order valence-electron chi connectivity index (χ0n) is 12.1. The maximum Gasteiger partial charge on any atom is 0.123 e. The number of nitrogens with one attached hydrogen (secondary N) is 1. The molecule has 2 aromatic carbocycles. The normalized spacial score (nSPS) is 12.5. The van der Waals surface area contributed by atoms with Gasteiger partial charge in [-0.05, 0) is 54.2 Å². The molecule has 0 aliphatic carbocycles. The van der Waals surface area contributed by atoms with E-state index in [9.17, 15) is 4.39 Å². The third kappa shape index (κ3) is 2.52. The van der Waals surface area contributed by atoms with Gasteiger partial charge in [0.15, 0.2) is 0 Å². The molecule has 0 saturated carbocycles. The minimum absolute atomic E-state index is 0.146. The SMILES string of the molecule is CNC(C)c1ccc(F)cc1-c1cccc2ccncc12. The van der Waals surface area contributed by atoms with Crippen LogP contribution in [0.5, 0.6) is 0 Å². The summed E-state index contributed by atoms with van der Waals surface area (Å²) in [5, 5.41) is 5.36. The highest BCUT2D eigenvalue weighted by Crippen LogP contribution is 2.33. The number of halogens is 1. The zero-order valence-corrected chi connectivity index (χ0v) is 12.1. The van der Waals surface area contributed by atoms with Crippen LogP contribution in [0.1, 0.15) is 18.5 Å². The first-order valence-corrected chi connectivity index (χ1v) is 7.00. The first kappa shape index (κ1) is 13.7. The molecule has 0 aliphatic heterocycles. The fourth-order valence-electron chi connectivity index (χ4n) is 2.64. The lowest BCUT2D eigenvalue weighted by Crippen LogP contribution is -2.13. The van der Waals surface area contributed by atoms with Crippen LogP contribution in [0.2, 0.25) is 0 Å². The Balaban J connectivity index is 2.30. The molecule has 0 saturated heterocycles. The van der Waals surface area contributed by atoms with Gasteiger partial charge in [0.1, 0.15) is 5.82 Å². The molecule has 0 bridgehead atoms. The van der Waals surface area contributed by atoms with Crippen LogP contribution in [0.25, 0.3) is 21.9 Å². The van der Waals surface area contributed by atoms with Crippen molar-refractivity contribution in [1.82, 2.24) is 10.3 Å². The van der Waals surface area contributed by atoms with E-state index in [0.29, 0.717) is 0 Å². The van der Waals surface area contributed by atoms with Gasteiger partial charge in [0.25, 0.3) is 0 Å². The number of aromatic nitrogens is 1. The Bertz CT molecular complexity index is 778. The molecular weight excluding hydrogens is 263 g/mol. The molecule has 3 aromatic rings. The number of fused-ring (bicyclic) bond motifs is 1. The van der Waals surface area contributed by atoms with Crippen LogP contribution in [-0.2, 0) is 0 Å². The number of rotatable bonds is 3. The van der Waals surface area contributed by atoms with E-state index in [4.69, 9.17) is 0 Å². The first-order valence-electron chi connectivity index (χ1n) is 7.00. The summed E-state index contributed by atoms with van der Waals surface area (Å²) in [6, 6.07) is 13.1. The van der Waals surface area contributed by atoms with E-state index in [1.165, 1.54) is 6.07 Å². The number of benzene rings is 2. The smallest absolute Gasteiger partial charge is 0.123 e. The predicted molar refractivity (Wildman–Crippen MR) is 84.6 cm³/mol. The third-order valence-corrected chi connectivity index (χ3v) is 3.89. The van der Waals surface area contributed by atoms with E-state index in [1.54, 1.807) is 12.3 Å². The summed E-state index contributed by atoms with van der Waals surface area (Å²) >= 11 is 0. The third-order valence-electron chi connectivity index (χ3n) is 3.89. The van der Waals surface area contributed by atoms with E-state index in [0.717, 1.165) is 27.5 Å². The van der Waals surface area contributed by atoms with Gasteiger partial charge < -0.3 is 5.32 Å². The van der Waals surface area contributed by atoms with Crippen LogP contribution in [0.4, 0.5) is 4.39 Å². The molecule has 106 valence electrons. The molecule has 1 heterocycles. The van der Waals surface area contributed by atoms with E-state index in [1.807, 2.05) is 43.6 Å². The topological polar surface area (TPSA) is 24.9 Å². The van der Waals surface area contributed by atoms with Crippen LogP contribution in [0.15, 0.2) is 54.9 Å². The van der Waals surface area contributed by atoms with Crippen molar-refractivity contribution in [3.63, 3.8) is 0 Å². The Hall–Kier alpha value is -2.26. The minimum Gasteiger partial charge on any atom is -0.313 e. The van der Waals surface area contributed by atoms with Crippen LogP contribution in [-0.4, -0.2) is 12.0 Å². The summed E-state index contributed by atoms with van der Waals surface area (Å²) in [5.41, 5.74) is 3.00. The number of nitrogens with zero attached hydrogens (tertiary/aromatic N) is 1. The van der Waals surface area contributed by atoms with Crippen LogP contribution in [0, 0.1) is 5.82 Å². The van der Waals surface area contributed by atoms with Crippen molar-refractivity contribution in [2.24, 2.45) is 0 Å². The van der Waals surface area contributed by atoms with E-state index >= 15 is 0 Å². The zero-order chi connectivity index (χ0) is 14.8. The largest absolute Gasteiger partial charge is 0.313 e. The van der Waals surface area contributed by atoms with Gasteiger partial charge in [-0.3, -0.25) is 4.98 Å². The number of hydrogen-bond donors (Lipinski definition) is 1. The molecule has 3 rings (SSSR count). The molecule has 0 spiro atoms. The van der Waals surface area contributed by atoms with Crippen molar-refractivity contribution in [3.05, 3.63) is 66.2 Å². The molecule has 1 aromatic heterocycles. The van der Waals surface area contributed by atoms with Crippen LogP contribution < -0.4 is 5.32 Å². The van der Waals surface area contributed by atoms with Crippen molar-refractivity contribution in [3.8, 4) is 11.1 Å². The number of pyridine rings is 1. The average molecular weight is 280 g/mol. The molecule has 21 heavy (non-hydrogen) atoms. The summed E-state index contributed by atoms with van der Waals surface area (Å²) in [6.07, 6.45) is 3.61. The molecule has 1 atom stereocenters. The van der Waals surface area contributed by atoms with Crippen LogP contribution >= 0.6 is 0 Å². The van der Waals surface area contributed by atoms with E-state index < -0.39 is 0 Å². The van der Waals surface area contributed by atoms with Gasteiger partial charge in [-0.2, -0.15) is 0 Å². The van der Waals surface area contributed by atoms with Gasteiger partial charge in [-0.15, -0.1) is 0 Å². The maximum atomic E-state index is 13.8. The molecule has 2 nitrogen and oxygen atoms in total. The monoisotopic (exact) mass is 280 g/mol. The van der Waals surface area contributed by atoms with E-state index in [2.05, 4.69) is 17.2 Å². The molecule has 0 amide bonds. The van der Waals surface area contributed by atoms with E-state index in [-0.39, 0.29) is 11.9 Å². The van der Waals surface area contributed by atoms with Gasteiger partial charge in [-0.1, -0.05) is 24.3 Å². The lowest BCUT2D eigenvalue weighted by atomic mass is 9.92. The van der Waals surface area contributed by atoms with Gasteiger partial charge in [0, 0.05) is 23.8 Å². The molecule has 0 radical (unpaired) electrons. The summed E-state index contributed by atoms with van der Waals surface area (Å²) in [4.78, 5) is 4.21. The van der Waals surface area contributed by atoms with Crippen molar-refractivity contribution >= 4 is 10.8 Å². The van der Waals surface area contributed by atoms with Crippen molar-refractivity contribution in [2.45, 2.75) is 13.0 Å². The van der Waals surface area contributed by atoms with Gasteiger partial charge >= 0.3 is 0 Å². The second kappa shape index (κ2) is 5.62. The summed E-state index contributed by atoms with van der Waals surface area (Å²) < 4.78 is 13.8. The molecular formula is C18H17FN2. The highest BCUT2D eigenvalue weighted by molar-refractivity contribution is 5.96. The Morgan fingerprint density at radius 3 is 2.76 bits per heavy atom. The molecule has 0 fully saturated rings. The maximum absolute atomic E-state index is 13.8. The Kier molecular flexibility index (Phi) is 3.67. The van der Waals surface area contributed by atoms with Gasteiger partial charge in [0.05, 0.1) is 0 Å². The fraction of sp³-hybridized carbons (Fsp3) is 0.167. The Morgan fingerprint density at radius 1 is 1.10 bits per heavy atom.